The summed E-state index contributed by atoms with van der Waals surface area (Å²) < 4.78 is 0.865. The van der Waals surface area contributed by atoms with Gasteiger partial charge in [-0.15, -0.1) is 0 Å². The van der Waals surface area contributed by atoms with Crippen LogP contribution < -0.4 is 4.90 Å². The summed E-state index contributed by atoms with van der Waals surface area (Å²) in [5.74, 6) is 0.166. The van der Waals surface area contributed by atoms with Crippen LogP contribution in [0.3, 0.4) is 0 Å². The Morgan fingerprint density at radius 1 is 1.14 bits per heavy atom. The number of benzene rings is 2. The first kappa shape index (κ1) is 15.8. The maximum absolute atomic E-state index is 12.3. The Labute approximate surface area is 134 Å². The number of nitrogens with zero attached hydrogens (tertiary/aromatic N) is 1. The molecule has 0 saturated heterocycles. The summed E-state index contributed by atoms with van der Waals surface area (Å²) in [7, 11) is 2.03. The molecule has 0 aromatic heterocycles. The zero-order chi connectivity index (χ0) is 15.4. The molecular formula is C18H20BrNO. The van der Waals surface area contributed by atoms with Gasteiger partial charge in [-0.3, -0.25) is 4.79 Å². The van der Waals surface area contributed by atoms with Gasteiger partial charge in [-0.1, -0.05) is 51.8 Å². The SMILES string of the molecule is Cc1ccc(N(C)CCC(=O)c2ccccc2Br)c(C)c1. The number of hydrogen-bond donors (Lipinski definition) is 0. The van der Waals surface area contributed by atoms with Gasteiger partial charge >= 0.3 is 0 Å². The van der Waals surface area contributed by atoms with E-state index in [4.69, 9.17) is 0 Å². The van der Waals surface area contributed by atoms with Crippen LogP contribution in [0.5, 0.6) is 0 Å². The molecular weight excluding hydrogens is 326 g/mol. The number of anilines is 1. The third kappa shape index (κ3) is 3.94. The molecule has 0 fully saturated rings. The molecule has 0 aliphatic carbocycles. The van der Waals surface area contributed by atoms with E-state index < -0.39 is 0 Å². The Hall–Kier alpha value is -1.61. The van der Waals surface area contributed by atoms with Gasteiger partial charge in [-0.05, 0) is 31.5 Å². The summed E-state index contributed by atoms with van der Waals surface area (Å²) >= 11 is 3.43. The van der Waals surface area contributed by atoms with Crippen molar-refractivity contribution in [3.63, 3.8) is 0 Å². The highest BCUT2D eigenvalue weighted by atomic mass is 79.9. The molecule has 0 amide bonds. The van der Waals surface area contributed by atoms with Crippen LogP contribution in [0.2, 0.25) is 0 Å². The van der Waals surface area contributed by atoms with Gasteiger partial charge in [0.15, 0.2) is 5.78 Å². The second kappa shape index (κ2) is 6.90. The van der Waals surface area contributed by atoms with Gasteiger partial charge < -0.3 is 4.90 Å². The van der Waals surface area contributed by atoms with Gasteiger partial charge in [-0.2, -0.15) is 0 Å². The number of ketones is 1. The Kier molecular flexibility index (Phi) is 5.18. The minimum absolute atomic E-state index is 0.166. The Bertz CT molecular complexity index is 651. The monoisotopic (exact) mass is 345 g/mol. The third-order valence-electron chi connectivity index (χ3n) is 3.61. The average molecular weight is 346 g/mol. The van der Waals surface area contributed by atoms with Crippen LogP contribution in [-0.4, -0.2) is 19.4 Å². The van der Waals surface area contributed by atoms with Crippen molar-refractivity contribution < 1.29 is 4.79 Å². The fraction of sp³-hybridized carbons (Fsp3) is 0.278. The van der Waals surface area contributed by atoms with E-state index in [9.17, 15) is 4.79 Å². The van der Waals surface area contributed by atoms with Crippen molar-refractivity contribution in [2.24, 2.45) is 0 Å². The Balaban J connectivity index is 2.02. The highest BCUT2D eigenvalue weighted by Crippen LogP contribution is 2.21. The maximum Gasteiger partial charge on any atom is 0.165 e. The van der Waals surface area contributed by atoms with Crippen molar-refractivity contribution in [2.45, 2.75) is 20.3 Å². The lowest BCUT2D eigenvalue weighted by atomic mass is 10.1. The predicted octanol–water partition coefficient (Wildman–Crippen LogP) is 4.78. The average Bonchev–Trinajstić information content (AvgIpc) is 2.45. The number of aryl methyl sites for hydroxylation is 2. The largest absolute Gasteiger partial charge is 0.374 e. The van der Waals surface area contributed by atoms with Gasteiger partial charge in [0, 0.05) is 35.7 Å². The summed E-state index contributed by atoms with van der Waals surface area (Å²) in [6.07, 6.45) is 0.506. The van der Waals surface area contributed by atoms with Crippen LogP contribution in [0.1, 0.15) is 27.9 Å². The van der Waals surface area contributed by atoms with Crippen LogP contribution in [0, 0.1) is 13.8 Å². The first-order valence-electron chi connectivity index (χ1n) is 7.05. The Morgan fingerprint density at radius 3 is 2.52 bits per heavy atom. The highest BCUT2D eigenvalue weighted by molar-refractivity contribution is 9.10. The first-order chi connectivity index (χ1) is 9.99. The lowest BCUT2D eigenvalue weighted by molar-refractivity contribution is 0.0984. The molecule has 21 heavy (non-hydrogen) atoms. The van der Waals surface area contributed by atoms with Crippen LogP contribution >= 0.6 is 15.9 Å². The Morgan fingerprint density at radius 2 is 1.86 bits per heavy atom. The molecule has 0 aliphatic heterocycles. The van der Waals surface area contributed by atoms with Crippen LogP contribution in [0.4, 0.5) is 5.69 Å². The summed E-state index contributed by atoms with van der Waals surface area (Å²) in [6.45, 7) is 4.91. The number of halogens is 1. The van der Waals surface area contributed by atoms with Crippen LogP contribution in [0.25, 0.3) is 0 Å². The van der Waals surface area contributed by atoms with Gasteiger partial charge in [-0.25, -0.2) is 0 Å². The van der Waals surface area contributed by atoms with Crippen LogP contribution in [-0.2, 0) is 0 Å². The molecule has 0 unspecified atom stereocenters. The second-order valence-corrected chi connectivity index (χ2v) is 6.22. The lowest BCUT2D eigenvalue weighted by Crippen LogP contribution is -2.22. The van der Waals surface area contributed by atoms with Crippen molar-refractivity contribution in [1.29, 1.82) is 0 Å². The molecule has 0 radical (unpaired) electrons. The van der Waals surface area contributed by atoms with E-state index >= 15 is 0 Å². The number of hydrogen-bond acceptors (Lipinski definition) is 2. The van der Waals surface area contributed by atoms with E-state index in [-0.39, 0.29) is 5.78 Å². The predicted molar refractivity (Wildman–Crippen MR) is 92.3 cm³/mol. The van der Waals surface area contributed by atoms with Crippen molar-refractivity contribution in [1.82, 2.24) is 0 Å². The summed E-state index contributed by atoms with van der Waals surface area (Å²) in [6, 6.07) is 14.0. The lowest BCUT2D eigenvalue weighted by Gasteiger charge is -2.21. The van der Waals surface area contributed by atoms with E-state index in [0.29, 0.717) is 13.0 Å². The van der Waals surface area contributed by atoms with E-state index in [1.807, 2.05) is 31.3 Å². The second-order valence-electron chi connectivity index (χ2n) is 5.36. The van der Waals surface area contributed by atoms with Crippen molar-refractivity contribution in [3.8, 4) is 0 Å². The minimum Gasteiger partial charge on any atom is -0.374 e. The molecule has 0 atom stereocenters. The topological polar surface area (TPSA) is 20.3 Å². The number of Topliss-reactive ketones (excluding diaryl/α,β-unsaturated/α-hetero) is 1. The quantitative estimate of drug-likeness (QED) is 0.727. The van der Waals surface area contributed by atoms with Gasteiger partial charge in [0.1, 0.15) is 0 Å². The zero-order valence-electron chi connectivity index (χ0n) is 12.7. The normalized spacial score (nSPS) is 10.5. The van der Waals surface area contributed by atoms with Crippen molar-refractivity contribution in [3.05, 3.63) is 63.6 Å². The summed E-state index contributed by atoms with van der Waals surface area (Å²) in [5, 5.41) is 0. The molecule has 0 N–H and O–H groups in total. The summed E-state index contributed by atoms with van der Waals surface area (Å²) in [4.78, 5) is 14.4. The molecule has 2 nitrogen and oxygen atoms in total. The highest BCUT2D eigenvalue weighted by Gasteiger charge is 2.11. The minimum atomic E-state index is 0.166. The third-order valence-corrected chi connectivity index (χ3v) is 4.30. The molecule has 0 aliphatic rings. The number of carbonyl (C=O) groups excluding carboxylic acids is 1. The standard InChI is InChI=1S/C18H20BrNO/c1-13-8-9-17(14(2)12-13)20(3)11-10-18(21)15-6-4-5-7-16(15)19/h4-9,12H,10-11H2,1-3H3. The molecule has 110 valence electrons. The fourth-order valence-corrected chi connectivity index (χ4v) is 2.95. The molecule has 2 aromatic rings. The fourth-order valence-electron chi connectivity index (χ4n) is 2.45. The molecule has 0 bridgehead atoms. The van der Waals surface area contributed by atoms with Gasteiger partial charge in [0.05, 0.1) is 0 Å². The molecule has 3 heteroatoms. The summed E-state index contributed by atoms with van der Waals surface area (Å²) in [5.41, 5.74) is 4.44. The van der Waals surface area contributed by atoms with E-state index in [2.05, 4.69) is 52.9 Å². The molecule has 0 saturated carbocycles. The van der Waals surface area contributed by atoms with Crippen molar-refractivity contribution in [2.75, 3.05) is 18.5 Å². The van der Waals surface area contributed by atoms with Gasteiger partial charge in [0.2, 0.25) is 0 Å². The smallest absolute Gasteiger partial charge is 0.165 e. The van der Waals surface area contributed by atoms with E-state index in [1.54, 1.807) is 0 Å². The molecule has 2 aromatic carbocycles. The molecule has 2 rings (SSSR count). The van der Waals surface area contributed by atoms with Crippen molar-refractivity contribution >= 4 is 27.4 Å². The molecule has 0 heterocycles. The van der Waals surface area contributed by atoms with Gasteiger partial charge in [0.25, 0.3) is 0 Å². The maximum atomic E-state index is 12.3. The molecule has 0 spiro atoms. The van der Waals surface area contributed by atoms with E-state index in [1.165, 1.54) is 16.8 Å². The van der Waals surface area contributed by atoms with E-state index in [0.717, 1.165) is 10.0 Å². The first-order valence-corrected chi connectivity index (χ1v) is 7.84. The van der Waals surface area contributed by atoms with Crippen LogP contribution in [0.15, 0.2) is 46.9 Å². The number of rotatable bonds is 5. The zero-order valence-corrected chi connectivity index (χ0v) is 14.3. The number of carbonyl (C=O) groups is 1.